The molecule has 0 bridgehead atoms. The number of hydrogen-bond donors (Lipinski definition) is 2. The summed E-state index contributed by atoms with van der Waals surface area (Å²) in [6, 6.07) is 5.05. The van der Waals surface area contributed by atoms with Crippen molar-refractivity contribution in [3.63, 3.8) is 0 Å². The number of nitrogens with one attached hydrogen (secondary N) is 1. The molecule has 1 amide bonds. The van der Waals surface area contributed by atoms with E-state index in [2.05, 4.69) is 5.32 Å². The van der Waals surface area contributed by atoms with Crippen LogP contribution in [0.25, 0.3) is 0 Å². The van der Waals surface area contributed by atoms with Crippen LogP contribution in [0.5, 0.6) is 0 Å². The van der Waals surface area contributed by atoms with Crippen LogP contribution in [0, 0.1) is 0 Å². The van der Waals surface area contributed by atoms with E-state index in [0.717, 1.165) is 19.3 Å². The Bertz CT molecular complexity index is 501. The van der Waals surface area contributed by atoms with Crippen molar-refractivity contribution >= 4 is 40.4 Å². The molecule has 0 spiro atoms. The number of rotatable bonds is 3. The molecule has 19 heavy (non-hydrogen) atoms. The zero-order chi connectivity index (χ0) is 13.8. The molecule has 1 aromatic carbocycles. The van der Waals surface area contributed by atoms with Crippen LogP contribution in [0.4, 0.5) is 5.69 Å². The fourth-order valence-electron chi connectivity index (χ4n) is 1.94. The third-order valence-electron chi connectivity index (χ3n) is 2.98. The molecule has 0 aromatic heterocycles. The Kier molecular flexibility index (Phi) is 4.74. The highest BCUT2D eigenvalue weighted by atomic mass is 35.5. The van der Waals surface area contributed by atoms with E-state index in [1.54, 1.807) is 18.2 Å². The highest BCUT2D eigenvalue weighted by Gasteiger charge is 2.22. The van der Waals surface area contributed by atoms with E-state index in [4.69, 9.17) is 34.3 Å². The summed E-state index contributed by atoms with van der Waals surface area (Å²) >= 11 is 10.9. The van der Waals surface area contributed by atoms with Crippen molar-refractivity contribution in [1.29, 1.82) is 0 Å². The van der Waals surface area contributed by atoms with Gasteiger partial charge in [-0.2, -0.15) is 0 Å². The lowest BCUT2D eigenvalue weighted by Crippen LogP contribution is -2.33. The fourth-order valence-corrected chi connectivity index (χ4v) is 2.23. The molecule has 1 saturated heterocycles. The van der Waals surface area contributed by atoms with Crippen molar-refractivity contribution in [2.75, 3.05) is 11.9 Å². The summed E-state index contributed by atoms with van der Waals surface area (Å²) < 4.78 is 5.42. The smallest absolute Gasteiger partial charge is 0.253 e. The molecular weight excluding hydrogens is 284 g/mol. The molecule has 102 valence electrons. The van der Waals surface area contributed by atoms with Crippen LogP contribution in [-0.2, 0) is 9.53 Å². The van der Waals surface area contributed by atoms with E-state index in [1.807, 2.05) is 0 Å². The lowest BCUT2D eigenvalue weighted by Gasteiger charge is -2.22. The summed E-state index contributed by atoms with van der Waals surface area (Å²) in [5.41, 5.74) is 6.73. The quantitative estimate of drug-likeness (QED) is 0.842. The molecule has 1 aliphatic rings. The van der Waals surface area contributed by atoms with Crippen LogP contribution in [0.1, 0.15) is 24.8 Å². The fraction of sp³-hybridized carbons (Fsp3) is 0.385. The minimum absolute atomic E-state index is 0.179. The summed E-state index contributed by atoms with van der Waals surface area (Å²) in [7, 11) is 0. The third kappa shape index (κ3) is 3.65. The van der Waals surface area contributed by atoms with Crippen molar-refractivity contribution in [1.82, 2.24) is 0 Å². The largest absolute Gasteiger partial charge is 0.389 e. The Morgan fingerprint density at radius 2 is 2.26 bits per heavy atom. The highest BCUT2D eigenvalue weighted by molar-refractivity contribution is 7.80. The number of amides is 1. The van der Waals surface area contributed by atoms with Gasteiger partial charge in [0, 0.05) is 12.2 Å². The second-order valence-corrected chi connectivity index (χ2v) is 5.25. The number of thiocarbonyl (C=S) groups is 1. The maximum Gasteiger partial charge on any atom is 0.253 e. The number of benzene rings is 1. The molecule has 6 heteroatoms. The predicted octanol–water partition coefficient (Wildman–Crippen LogP) is 2.48. The summed E-state index contributed by atoms with van der Waals surface area (Å²) in [6.07, 6.45) is 2.33. The van der Waals surface area contributed by atoms with Crippen molar-refractivity contribution < 1.29 is 9.53 Å². The van der Waals surface area contributed by atoms with E-state index in [9.17, 15) is 4.79 Å². The van der Waals surface area contributed by atoms with Gasteiger partial charge in [0.25, 0.3) is 5.91 Å². The third-order valence-corrected chi connectivity index (χ3v) is 3.55. The van der Waals surface area contributed by atoms with Gasteiger partial charge in [-0.1, -0.05) is 29.9 Å². The van der Waals surface area contributed by atoms with Gasteiger partial charge >= 0.3 is 0 Å². The van der Waals surface area contributed by atoms with E-state index in [-0.39, 0.29) is 10.9 Å². The summed E-state index contributed by atoms with van der Waals surface area (Å²) in [4.78, 5) is 12.3. The number of carbonyl (C=O) groups is 1. The van der Waals surface area contributed by atoms with Gasteiger partial charge in [0.15, 0.2) is 0 Å². The van der Waals surface area contributed by atoms with Crippen LogP contribution in [-0.4, -0.2) is 23.6 Å². The minimum Gasteiger partial charge on any atom is -0.389 e. The molecule has 1 heterocycles. The number of ether oxygens (including phenoxy) is 1. The van der Waals surface area contributed by atoms with Crippen LogP contribution < -0.4 is 11.1 Å². The molecule has 4 nitrogen and oxygen atoms in total. The highest BCUT2D eigenvalue weighted by Crippen LogP contribution is 2.24. The Morgan fingerprint density at radius 3 is 2.89 bits per heavy atom. The van der Waals surface area contributed by atoms with Gasteiger partial charge in [0.1, 0.15) is 11.1 Å². The van der Waals surface area contributed by atoms with E-state index in [1.165, 1.54) is 0 Å². The van der Waals surface area contributed by atoms with Crippen molar-refractivity contribution in [2.24, 2.45) is 5.73 Å². The minimum atomic E-state index is -0.404. The standard InChI is InChI=1S/C13H15ClN2O2S/c14-9-5-4-8(12(15)19)7-10(9)16-13(17)11-3-1-2-6-18-11/h4-5,7,11H,1-3,6H2,(H2,15,19)(H,16,17). The van der Waals surface area contributed by atoms with Crippen molar-refractivity contribution in [2.45, 2.75) is 25.4 Å². The van der Waals surface area contributed by atoms with Crippen LogP contribution in [0.15, 0.2) is 18.2 Å². The van der Waals surface area contributed by atoms with Crippen LogP contribution >= 0.6 is 23.8 Å². The first-order valence-corrected chi connectivity index (χ1v) is 6.88. The average Bonchev–Trinajstić information content (AvgIpc) is 2.42. The second kappa shape index (κ2) is 6.32. The molecule has 1 aliphatic heterocycles. The van der Waals surface area contributed by atoms with Gasteiger partial charge < -0.3 is 15.8 Å². The number of nitrogens with two attached hydrogens (primary N) is 1. The molecule has 0 radical (unpaired) electrons. The lowest BCUT2D eigenvalue weighted by atomic mass is 10.1. The molecule has 2 rings (SSSR count). The Hall–Kier alpha value is -1.17. The molecule has 3 N–H and O–H groups in total. The van der Waals surface area contributed by atoms with Gasteiger partial charge in [-0.15, -0.1) is 0 Å². The molecule has 1 aromatic rings. The monoisotopic (exact) mass is 298 g/mol. The molecule has 1 atom stereocenters. The van der Waals surface area contributed by atoms with E-state index in [0.29, 0.717) is 22.9 Å². The van der Waals surface area contributed by atoms with Gasteiger partial charge in [0.2, 0.25) is 0 Å². The molecule has 0 aliphatic carbocycles. The van der Waals surface area contributed by atoms with Crippen molar-refractivity contribution in [3.05, 3.63) is 28.8 Å². The molecular formula is C13H15ClN2O2S. The molecule has 1 fully saturated rings. The number of anilines is 1. The zero-order valence-corrected chi connectivity index (χ0v) is 11.9. The number of carbonyl (C=O) groups excluding carboxylic acids is 1. The average molecular weight is 299 g/mol. The first-order valence-electron chi connectivity index (χ1n) is 6.10. The predicted molar refractivity (Wildman–Crippen MR) is 79.6 cm³/mol. The first kappa shape index (κ1) is 14.2. The van der Waals surface area contributed by atoms with Gasteiger partial charge in [-0.05, 0) is 31.4 Å². The van der Waals surface area contributed by atoms with Crippen LogP contribution in [0.3, 0.4) is 0 Å². The van der Waals surface area contributed by atoms with E-state index < -0.39 is 6.10 Å². The summed E-state index contributed by atoms with van der Waals surface area (Å²) in [5, 5.41) is 3.21. The molecule has 0 saturated carbocycles. The van der Waals surface area contributed by atoms with Gasteiger partial charge in [-0.25, -0.2) is 0 Å². The van der Waals surface area contributed by atoms with E-state index >= 15 is 0 Å². The lowest BCUT2D eigenvalue weighted by molar-refractivity contribution is -0.129. The van der Waals surface area contributed by atoms with Crippen molar-refractivity contribution in [3.8, 4) is 0 Å². The van der Waals surface area contributed by atoms with Gasteiger partial charge in [-0.3, -0.25) is 4.79 Å². The Labute approximate surface area is 122 Å². The maximum absolute atomic E-state index is 12.0. The molecule has 1 unspecified atom stereocenters. The first-order chi connectivity index (χ1) is 9.08. The normalized spacial score (nSPS) is 18.9. The SMILES string of the molecule is NC(=S)c1ccc(Cl)c(NC(=O)C2CCCCO2)c1. The Morgan fingerprint density at radius 1 is 1.47 bits per heavy atom. The second-order valence-electron chi connectivity index (χ2n) is 4.40. The summed E-state index contributed by atoms with van der Waals surface area (Å²) in [5.74, 6) is -0.179. The van der Waals surface area contributed by atoms with Gasteiger partial charge in [0.05, 0.1) is 10.7 Å². The number of hydrogen-bond acceptors (Lipinski definition) is 3. The summed E-state index contributed by atoms with van der Waals surface area (Å²) in [6.45, 7) is 0.624. The van der Waals surface area contributed by atoms with Crippen LogP contribution in [0.2, 0.25) is 5.02 Å². The maximum atomic E-state index is 12.0. The zero-order valence-electron chi connectivity index (χ0n) is 10.3. The number of halogens is 1. The topological polar surface area (TPSA) is 64.3 Å². The Balaban J connectivity index is 2.11.